The minimum absolute atomic E-state index is 0.624. The first-order chi connectivity index (χ1) is 8.69. The van der Waals surface area contributed by atoms with Crippen molar-refractivity contribution in [2.45, 2.75) is 6.54 Å². The number of hydrogen-bond acceptors (Lipinski definition) is 3. The zero-order valence-corrected chi connectivity index (χ0v) is 10.7. The van der Waals surface area contributed by atoms with Crippen molar-refractivity contribution >= 4 is 17.4 Å². The predicted molar refractivity (Wildman–Crippen MR) is 72.5 cm³/mol. The molecular formula is C14H12ClN3. The largest absolute Gasteiger partial charge is 0.355 e. The molecule has 2 rings (SSSR count). The van der Waals surface area contributed by atoms with E-state index >= 15 is 0 Å². The van der Waals surface area contributed by atoms with Crippen LogP contribution in [-0.2, 0) is 6.54 Å². The fourth-order valence-corrected chi connectivity index (χ4v) is 1.80. The van der Waals surface area contributed by atoms with Crippen molar-refractivity contribution in [3.8, 4) is 6.07 Å². The Bertz CT molecular complexity index is 572. The fraction of sp³-hybridized carbons (Fsp3) is 0.143. The molecular weight excluding hydrogens is 246 g/mol. The summed E-state index contributed by atoms with van der Waals surface area (Å²) in [5.41, 5.74) is 1.75. The van der Waals surface area contributed by atoms with E-state index in [1.807, 2.05) is 42.3 Å². The number of nitriles is 1. The third kappa shape index (κ3) is 2.99. The number of anilines is 1. The highest BCUT2D eigenvalue weighted by Crippen LogP contribution is 2.15. The molecule has 4 heteroatoms. The van der Waals surface area contributed by atoms with E-state index in [0.29, 0.717) is 17.1 Å². The zero-order valence-electron chi connectivity index (χ0n) is 9.97. The molecule has 0 aliphatic carbocycles. The Labute approximate surface area is 111 Å². The van der Waals surface area contributed by atoms with Gasteiger partial charge in [-0.3, -0.25) is 0 Å². The number of pyridine rings is 1. The summed E-state index contributed by atoms with van der Waals surface area (Å²) in [5, 5.41) is 9.48. The van der Waals surface area contributed by atoms with Crippen LogP contribution in [0.2, 0.25) is 5.02 Å². The molecule has 0 unspecified atom stereocenters. The standard InChI is InChI=1S/C14H12ClN3/c1-18(14-6-5-13(15)9-17-14)10-12-4-2-3-11(7-12)8-16/h2-7,9H,10H2,1H3. The molecule has 0 N–H and O–H groups in total. The van der Waals surface area contributed by atoms with Crippen LogP contribution in [0.3, 0.4) is 0 Å². The minimum atomic E-state index is 0.624. The van der Waals surface area contributed by atoms with Gasteiger partial charge < -0.3 is 4.90 Å². The molecule has 18 heavy (non-hydrogen) atoms. The lowest BCUT2D eigenvalue weighted by Gasteiger charge is -2.18. The number of rotatable bonds is 3. The maximum atomic E-state index is 8.85. The molecule has 1 aromatic carbocycles. The molecule has 0 atom stereocenters. The molecule has 0 amide bonds. The minimum Gasteiger partial charge on any atom is -0.355 e. The van der Waals surface area contributed by atoms with E-state index in [4.69, 9.17) is 16.9 Å². The first-order valence-corrected chi connectivity index (χ1v) is 5.88. The van der Waals surface area contributed by atoms with Crippen molar-refractivity contribution in [1.82, 2.24) is 4.98 Å². The number of hydrogen-bond donors (Lipinski definition) is 0. The van der Waals surface area contributed by atoms with E-state index in [2.05, 4.69) is 11.1 Å². The molecule has 0 fully saturated rings. The average molecular weight is 258 g/mol. The van der Waals surface area contributed by atoms with Gasteiger partial charge in [0.05, 0.1) is 16.7 Å². The molecule has 1 heterocycles. The van der Waals surface area contributed by atoms with Gasteiger partial charge in [0.15, 0.2) is 0 Å². The second-order valence-electron chi connectivity index (χ2n) is 4.00. The van der Waals surface area contributed by atoms with Crippen LogP contribution >= 0.6 is 11.6 Å². The maximum absolute atomic E-state index is 8.85. The molecule has 0 aliphatic heterocycles. The van der Waals surface area contributed by atoms with Gasteiger partial charge in [-0.1, -0.05) is 23.7 Å². The highest BCUT2D eigenvalue weighted by atomic mass is 35.5. The van der Waals surface area contributed by atoms with E-state index < -0.39 is 0 Å². The smallest absolute Gasteiger partial charge is 0.128 e. The van der Waals surface area contributed by atoms with Crippen LogP contribution in [0.5, 0.6) is 0 Å². The summed E-state index contributed by atoms with van der Waals surface area (Å²) in [6, 6.07) is 13.4. The van der Waals surface area contributed by atoms with Crippen molar-refractivity contribution in [3.63, 3.8) is 0 Å². The molecule has 2 aromatic rings. The number of halogens is 1. The Kier molecular flexibility index (Phi) is 3.81. The summed E-state index contributed by atoms with van der Waals surface area (Å²) in [6.45, 7) is 0.699. The second-order valence-corrected chi connectivity index (χ2v) is 4.44. The van der Waals surface area contributed by atoms with Crippen LogP contribution in [0.4, 0.5) is 5.82 Å². The van der Waals surface area contributed by atoms with Crippen molar-refractivity contribution in [2.75, 3.05) is 11.9 Å². The van der Waals surface area contributed by atoms with E-state index in [0.717, 1.165) is 11.4 Å². The molecule has 0 spiro atoms. The topological polar surface area (TPSA) is 39.9 Å². The fourth-order valence-electron chi connectivity index (χ4n) is 1.69. The van der Waals surface area contributed by atoms with Crippen LogP contribution in [0, 0.1) is 11.3 Å². The third-order valence-corrected chi connectivity index (χ3v) is 2.80. The van der Waals surface area contributed by atoms with Gasteiger partial charge in [0, 0.05) is 19.8 Å². The monoisotopic (exact) mass is 257 g/mol. The second kappa shape index (κ2) is 5.52. The Morgan fingerprint density at radius 1 is 1.33 bits per heavy atom. The van der Waals surface area contributed by atoms with Gasteiger partial charge in [0.1, 0.15) is 5.82 Å². The average Bonchev–Trinajstić information content (AvgIpc) is 2.39. The molecule has 0 aliphatic rings. The molecule has 0 radical (unpaired) electrons. The van der Waals surface area contributed by atoms with Crippen LogP contribution in [0.15, 0.2) is 42.6 Å². The van der Waals surface area contributed by atoms with Gasteiger partial charge in [-0.25, -0.2) is 4.98 Å². The van der Waals surface area contributed by atoms with Crippen LogP contribution < -0.4 is 4.90 Å². The molecule has 0 saturated carbocycles. The van der Waals surface area contributed by atoms with Crippen molar-refractivity contribution in [3.05, 3.63) is 58.7 Å². The summed E-state index contributed by atoms with van der Waals surface area (Å²) in [5.74, 6) is 0.849. The van der Waals surface area contributed by atoms with E-state index in [1.165, 1.54) is 0 Å². The summed E-state index contributed by atoms with van der Waals surface area (Å²) < 4.78 is 0. The van der Waals surface area contributed by atoms with Gasteiger partial charge in [-0.15, -0.1) is 0 Å². The predicted octanol–water partition coefficient (Wildman–Crippen LogP) is 3.24. The number of nitrogens with zero attached hydrogens (tertiary/aromatic N) is 3. The van der Waals surface area contributed by atoms with Gasteiger partial charge in [-0.05, 0) is 29.8 Å². The highest BCUT2D eigenvalue weighted by Gasteiger charge is 2.04. The van der Waals surface area contributed by atoms with Gasteiger partial charge >= 0.3 is 0 Å². The van der Waals surface area contributed by atoms with E-state index in [-0.39, 0.29) is 0 Å². The lowest BCUT2D eigenvalue weighted by Crippen LogP contribution is -2.17. The van der Waals surface area contributed by atoms with Crippen LogP contribution in [0.25, 0.3) is 0 Å². The van der Waals surface area contributed by atoms with Crippen molar-refractivity contribution < 1.29 is 0 Å². The van der Waals surface area contributed by atoms with Crippen LogP contribution in [-0.4, -0.2) is 12.0 Å². The van der Waals surface area contributed by atoms with Gasteiger partial charge in [0.2, 0.25) is 0 Å². The molecule has 0 bridgehead atoms. The molecule has 1 aromatic heterocycles. The molecule has 0 saturated heterocycles. The van der Waals surface area contributed by atoms with Crippen molar-refractivity contribution in [1.29, 1.82) is 5.26 Å². The van der Waals surface area contributed by atoms with Gasteiger partial charge in [0.25, 0.3) is 0 Å². The molecule has 90 valence electrons. The molecule has 3 nitrogen and oxygen atoms in total. The summed E-state index contributed by atoms with van der Waals surface area (Å²) in [4.78, 5) is 6.25. The quantitative estimate of drug-likeness (QED) is 0.847. The normalized spacial score (nSPS) is 9.83. The lowest BCUT2D eigenvalue weighted by atomic mass is 10.1. The van der Waals surface area contributed by atoms with Crippen molar-refractivity contribution in [2.24, 2.45) is 0 Å². The SMILES string of the molecule is CN(Cc1cccc(C#N)c1)c1ccc(Cl)cn1. The summed E-state index contributed by atoms with van der Waals surface area (Å²) in [6.07, 6.45) is 1.62. The number of benzene rings is 1. The number of aromatic nitrogens is 1. The first-order valence-electron chi connectivity index (χ1n) is 5.51. The Morgan fingerprint density at radius 2 is 2.17 bits per heavy atom. The lowest BCUT2D eigenvalue weighted by molar-refractivity contribution is 0.897. The highest BCUT2D eigenvalue weighted by molar-refractivity contribution is 6.30. The Hall–Kier alpha value is -2.05. The van der Waals surface area contributed by atoms with Gasteiger partial charge in [-0.2, -0.15) is 5.26 Å². The maximum Gasteiger partial charge on any atom is 0.128 e. The Morgan fingerprint density at radius 3 is 2.83 bits per heavy atom. The zero-order chi connectivity index (χ0) is 13.0. The van der Waals surface area contributed by atoms with Crippen LogP contribution in [0.1, 0.15) is 11.1 Å². The third-order valence-electron chi connectivity index (χ3n) is 2.58. The first kappa shape index (κ1) is 12.4. The summed E-state index contributed by atoms with van der Waals surface area (Å²) >= 11 is 5.80. The van der Waals surface area contributed by atoms with E-state index in [9.17, 15) is 0 Å². The summed E-state index contributed by atoms with van der Waals surface area (Å²) in [7, 11) is 1.95. The Balaban J connectivity index is 2.13. The van der Waals surface area contributed by atoms with E-state index in [1.54, 1.807) is 12.3 Å².